The lowest BCUT2D eigenvalue weighted by Crippen LogP contribution is -2.26. The molecule has 0 radical (unpaired) electrons. The van der Waals surface area contributed by atoms with Gasteiger partial charge in [0.2, 0.25) is 0 Å². The predicted octanol–water partition coefficient (Wildman–Crippen LogP) is 3.86. The molecule has 0 saturated carbocycles. The van der Waals surface area contributed by atoms with E-state index in [0.717, 1.165) is 0 Å². The van der Waals surface area contributed by atoms with Gasteiger partial charge in [0, 0.05) is 17.8 Å². The Morgan fingerprint density at radius 1 is 0.935 bits per heavy atom. The highest BCUT2D eigenvalue weighted by molar-refractivity contribution is 5.86. The summed E-state index contributed by atoms with van der Waals surface area (Å²) in [5.41, 5.74) is 1.28. The second kappa shape index (κ2) is 9.68. The number of carbonyl (C=O) groups excluding carboxylic acids is 2. The number of rotatable bonds is 5. The molecule has 2 atom stereocenters. The Morgan fingerprint density at radius 3 is 1.97 bits per heavy atom. The first-order chi connectivity index (χ1) is 14.8. The highest BCUT2D eigenvalue weighted by Crippen LogP contribution is 2.25. The Morgan fingerprint density at radius 2 is 1.45 bits per heavy atom. The number of amides is 2. The molecule has 0 heterocycles. The van der Waals surface area contributed by atoms with Crippen LogP contribution in [0.2, 0.25) is 0 Å². The number of anilines is 2. The van der Waals surface area contributed by atoms with E-state index in [4.69, 9.17) is 9.47 Å². The summed E-state index contributed by atoms with van der Waals surface area (Å²) < 4.78 is 10.7. The Balaban J connectivity index is 1.61. The minimum Gasteiger partial charge on any atom is -0.508 e. The molecule has 0 spiro atoms. The van der Waals surface area contributed by atoms with Gasteiger partial charge >= 0.3 is 12.2 Å². The number of aliphatic hydroxyl groups is 1. The minimum absolute atomic E-state index is 0.0613. The van der Waals surface area contributed by atoms with Crippen molar-refractivity contribution >= 4 is 23.6 Å². The molecule has 2 unspecified atom stereocenters. The highest BCUT2D eigenvalue weighted by atomic mass is 16.6. The molecule has 0 aliphatic heterocycles. The van der Waals surface area contributed by atoms with Gasteiger partial charge in [0.05, 0.1) is 6.10 Å². The molecule has 2 aromatic rings. The molecule has 1 aliphatic carbocycles. The molecule has 162 valence electrons. The van der Waals surface area contributed by atoms with Gasteiger partial charge in [-0.05, 0) is 73.2 Å². The number of aliphatic hydroxyl groups excluding tert-OH is 1. The Hall–Kier alpha value is -3.98. The van der Waals surface area contributed by atoms with Crippen molar-refractivity contribution in [3.05, 3.63) is 72.0 Å². The Bertz CT molecular complexity index is 996. The van der Waals surface area contributed by atoms with Gasteiger partial charge in [0.15, 0.2) is 0 Å². The van der Waals surface area contributed by atoms with E-state index in [1.54, 1.807) is 6.08 Å². The van der Waals surface area contributed by atoms with E-state index in [1.807, 2.05) is 0 Å². The molecule has 2 aromatic carbocycles. The third kappa shape index (κ3) is 6.51. The third-order valence-corrected chi connectivity index (χ3v) is 4.30. The van der Waals surface area contributed by atoms with Crippen LogP contribution in [0.15, 0.2) is 72.0 Å². The summed E-state index contributed by atoms with van der Waals surface area (Å²) in [5.74, 6) is 0.330. The zero-order valence-corrected chi connectivity index (χ0v) is 16.6. The van der Waals surface area contributed by atoms with Crippen LogP contribution in [0, 0.1) is 0 Å². The van der Waals surface area contributed by atoms with Crippen molar-refractivity contribution in [1.29, 1.82) is 0 Å². The fraction of sp³-hybridized carbons (Fsp3) is 0.182. The van der Waals surface area contributed by atoms with Crippen LogP contribution in [-0.2, 0) is 9.47 Å². The van der Waals surface area contributed by atoms with E-state index in [9.17, 15) is 24.9 Å². The Kier molecular flexibility index (Phi) is 6.78. The maximum Gasteiger partial charge on any atom is 0.416 e. The lowest BCUT2D eigenvalue weighted by Gasteiger charge is -2.23. The summed E-state index contributed by atoms with van der Waals surface area (Å²) >= 11 is 0. The zero-order chi connectivity index (χ0) is 22.4. The summed E-state index contributed by atoms with van der Waals surface area (Å²) in [5, 5.41) is 33.6. The van der Waals surface area contributed by atoms with Gasteiger partial charge in [0.25, 0.3) is 0 Å². The number of phenols is 2. The second-order valence-electron chi connectivity index (χ2n) is 6.83. The molecular weight excluding hydrogens is 404 g/mol. The predicted molar refractivity (Wildman–Crippen MR) is 113 cm³/mol. The van der Waals surface area contributed by atoms with Crippen molar-refractivity contribution in [3.8, 4) is 11.5 Å². The number of hydrogen-bond acceptors (Lipinski definition) is 7. The maximum atomic E-state index is 12.2. The topological polar surface area (TPSA) is 137 Å². The molecule has 1 aliphatic rings. The van der Waals surface area contributed by atoms with E-state index in [2.05, 4.69) is 10.6 Å². The van der Waals surface area contributed by atoms with E-state index in [0.29, 0.717) is 16.9 Å². The molecule has 31 heavy (non-hydrogen) atoms. The highest BCUT2D eigenvalue weighted by Gasteiger charge is 2.23. The normalized spacial score (nSPS) is 16.4. The number of ether oxygens (including phenoxy) is 2. The SMILES string of the molecule is CC(O)C1=CC(OC(=O)Nc2ccc(O)cc2)CC(OC(=O)Nc2ccc(O)cc2)=C1. The van der Waals surface area contributed by atoms with E-state index < -0.39 is 24.4 Å². The number of aromatic hydroxyl groups is 2. The maximum absolute atomic E-state index is 12.2. The minimum atomic E-state index is -0.870. The molecule has 2 amide bonds. The summed E-state index contributed by atoms with van der Waals surface area (Å²) in [4.78, 5) is 24.4. The van der Waals surface area contributed by atoms with Crippen LogP contribution in [0.3, 0.4) is 0 Å². The van der Waals surface area contributed by atoms with Crippen molar-refractivity contribution in [2.75, 3.05) is 10.6 Å². The van der Waals surface area contributed by atoms with Crippen molar-refractivity contribution in [3.63, 3.8) is 0 Å². The molecule has 0 fully saturated rings. The summed E-state index contributed by atoms with van der Waals surface area (Å²) in [7, 11) is 0. The summed E-state index contributed by atoms with van der Waals surface area (Å²) in [6, 6.07) is 11.7. The van der Waals surface area contributed by atoms with Gasteiger partial charge in [-0.2, -0.15) is 0 Å². The first-order valence-electron chi connectivity index (χ1n) is 9.43. The lowest BCUT2D eigenvalue weighted by atomic mass is 9.99. The van der Waals surface area contributed by atoms with Gasteiger partial charge < -0.3 is 24.8 Å². The van der Waals surface area contributed by atoms with Crippen molar-refractivity contribution in [1.82, 2.24) is 0 Å². The van der Waals surface area contributed by atoms with Crippen molar-refractivity contribution in [2.24, 2.45) is 0 Å². The van der Waals surface area contributed by atoms with Gasteiger partial charge in [-0.1, -0.05) is 0 Å². The largest absolute Gasteiger partial charge is 0.508 e. The molecule has 3 rings (SSSR count). The molecule has 0 bridgehead atoms. The van der Waals surface area contributed by atoms with Crippen LogP contribution < -0.4 is 10.6 Å². The van der Waals surface area contributed by atoms with Crippen molar-refractivity contribution < 1.29 is 34.4 Å². The van der Waals surface area contributed by atoms with Crippen LogP contribution >= 0.6 is 0 Å². The molecule has 5 N–H and O–H groups in total. The number of hydrogen-bond donors (Lipinski definition) is 5. The van der Waals surface area contributed by atoms with Crippen molar-refractivity contribution in [2.45, 2.75) is 25.6 Å². The second-order valence-corrected chi connectivity index (χ2v) is 6.83. The zero-order valence-electron chi connectivity index (χ0n) is 16.6. The number of nitrogens with one attached hydrogen (secondary N) is 2. The number of benzene rings is 2. The summed E-state index contributed by atoms with van der Waals surface area (Å²) in [6.45, 7) is 1.54. The van der Waals surface area contributed by atoms with Crippen LogP contribution in [0.1, 0.15) is 13.3 Å². The van der Waals surface area contributed by atoms with Gasteiger partial charge in [-0.15, -0.1) is 0 Å². The molecular formula is C22H22N2O7. The van der Waals surface area contributed by atoms with Gasteiger partial charge in [0.1, 0.15) is 23.4 Å². The van der Waals surface area contributed by atoms with Crippen LogP contribution in [-0.4, -0.2) is 39.7 Å². The van der Waals surface area contributed by atoms with E-state index in [-0.39, 0.29) is 23.7 Å². The number of phenolic OH excluding ortho intramolecular Hbond substituents is 2. The molecule has 0 saturated heterocycles. The summed E-state index contributed by atoms with van der Waals surface area (Å²) in [6.07, 6.45) is 0.0172. The van der Waals surface area contributed by atoms with Gasteiger partial charge in [-0.3, -0.25) is 10.6 Å². The molecule has 9 nitrogen and oxygen atoms in total. The lowest BCUT2D eigenvalue weighted by molar-refractivity contribution is 0.120. The fourth-order valence-electron chi connectivity index (χ4n) is 2.81. The van der Waals surface area contributed by atoms with E-state index in [1.165, 1.54) is 61.5 Å². The van der Waals surface area contributed by atoms with Gasteiger partial charge in [-0.25, -0.2) is 9.59 Å². The average molecular weight is 426 g/mol. The monoisotopic (exact) mass is 426 g/mol. The van der Waals surface area contributed by atoms with Crippen LogP contribution in [0.4, 0.5) is 21.0 Å². The average Bonchev–Trinajstić information content (AvgIpc) is 2.71. The van der Waals surface area contributed by atoms with E-state index >= 15 is 0 Å². The molecule has 9 heteroatoms. The number of carbonyl (C=O) groups is 2. The molecule has 0 aromatic heterocycles. The standard InChI is InChI=1S/C22H22N2O7/c1-13(25)14-10-19(30-21(28)23-15-2-6-17(26)7-3-15)12-20(11-14)31-22(29)24-16-4-8-18(27)9-5-16/h2-11,13,19,25-27H,12H2,1H3,(H,23,28)(H,24,29). The first-order valence-corrected chi connectivity index (χ1v) is 9.43. The fourth-order valence-corrected chi connectivity index (χ4v) is 2.81. The van der Waals surface area contributed by atoms with Crippen LogP contribution in [0.25, 0.3) is 0 Å². The third-order valence-electron chi connectivity index (χ3n) is 4.30. The smallest absolute Gasteiger partial charge is 0.416 e. The Labute approximate surface area is 178 Å². The van der Waals surface area contributed by atoms with Crippen LogP contribution in [0.5, 0.6) is 11.5 Å². The quantitative estimate of drug-likeness (QED) is 0.458. The first kappa shape index (κ1) is 21.7.